The largest absolute Gasteiger partial charge is 0.444 e. The Kier molecular flexibility index (Phi) is 5.08. The molecule has 8 nitrogen and oxygen atoms in total. The molecule has 1 aliphatic rings. The molecule has 0 bridgehead atoms. The van der Waals surface area contributed by atoms with Crippen LogP contribution in [0.1, 0.15) is 27.2 Å². The van der Waals surface area contributed by atoms with Crippen LogP contribution in [0.15, 0.2) is 42.7 Å². The summed E-state index contributed by atoms with van der Waals surface area (Å²) in [4.78, 5) is 25.4. The summed E-state index contributed by atoms with van der Waals surface area (Å²) >= 11 is 0. The number of nitrogens with zero attached hydrogens (tertiary/aromatic N) is 6. The Bertz CT molecular complexity index is 995. The predicted molar refractivity (Wildman–Crippen MR) is 111 cm³/mol. The van der Waals surface area contributed by atoms with Crippen molar-refractivity contribution >= 4 is 17.7 Å². The average Bonchev–Trinajstić information content (AvgIpc) is 3.02. The van der Waals surface area contributed by atoms with Gasteiger partial charge in [-0.25, -0.2) is 9.78 Å². The van der Waals surface area contributed by atoms with E-state index in [1.54, 1.807) is 9.42 Å². The maximum atomic E-state index is 12.5. The normalized spacial score (nSPS) is 15.4. The van der Waals surface area contributed by atoms with Gasteiger partial charge in [-0.1, -0.05) is 30.3 Å². The van der Waals surface area contributed by atoms with Gasteiger partial charge in [0.05, 0.1) is 5.69 Å². The summed E-state index contributed by atoms with van der Waals surface area (Å²) in [5, 5.41) is 4.36. The molecule has 2 aromatic heterocycles. The molecule has 0 N–H and O–H groups in total. The van der Waals surface area contributed by atoms with Crippen LogP contribution >= 0.6 is 0 Å². The molecule has 0 aliphatic carbocycles. The zero-order chi connectivity index (χ0) is 20.4. The van der Waals surface area contributed by atoms with Crippen LogP contribution < -0.4 is 4.90 Å². The Morgan fingerprint density at radius 2 is 1.86 bits per heavy atom. The van der Waals surface area contributed by atoms with Crippen molar-refractivity contribution in [3.63, 3.8) is 0 Å². The molecule has 0 unspecified atom stereocenters. The van der Waals surface area contributed by atoms with E-state index in [2.05, 4.69) is 20.0 Å². The third-order valence-corrected chi connectivity index (χ3v) is 4.77. The highest BCUT2D eigenvalue weighted by atomic mass is 16.6. The minimum atomic E-state index is -0.494. The SMILES string of the molecule is CC(C)(C)OC(=O)N1CCCN(c2cc(-c3ccccc3)nc3ncnn23)CC1. The third-order valence-electron chi connectivity index (χ3n) is 4.77. The fourth-order valence-electron chi connectivity index (χ4n) is 3.43. The Balaban J connectivity index is 1.60. The van der Waals surface area contributed by atoms with E-state index in [4.69, 9.17) is 4.74 Å². The molecule has 1 fully saturated rings. The number of carbonyl (C=O) groups is 1. The smallest absolute Gasteiger partial charge is 0.410 e. The number of anilines is 1. The molecular formula is C21H26N6O2. The van der Waals surface area contributed by atoms with Gasteiger partial charge in [-0.2, -0.15) is 14.6 Å². The number of ether oxygens (including phenoxy) is 1. The minimum absolute atomic E-state index is 0.259. The van der Waals surface area contributed by atoms with Gasteiger partial charge in [0.15, 0.2) is 0 Å². The summed E-state index contributed by atoms with van der Waals surface area (Å²) in [6.07, 6.45) is 2.11. The molecule has 0 atom stereocenters. The summed E-state index contributed by atoms with van der Waals surface area (Å²) in [6, 6.07) is 12.1. The molecule has 0 spiro atoms. The van der Waals surface area contributed by atoms with Crippen molar-refractivity contribution in [3.8, 4) is 11.3 Å². The molecule has 152 valence electrons. The zero-order valence-corrected chi connectivity index (χ0v) is 17.1. The quantitative estimate of drug-likeness (QED) is 0.664. The molecule has 0 saturated carbocycles. The second kappa shape index (κ2) is 7.69. The number of hydrogen-bond donors (Lipinski definition) is 0. The van der Waals surface area contributed by atoms with Crippen LogP contribution in [0.25, 0.3) is 17.0 Å². The van der Waals surface area contributed by atoms with Gasteiger partial charge >= 0.3 is 6.09 Å². The highest BCUT2D eigenvalue weighted by Crippen LogP contribution is 2.24. The molecule has 0 radical (unpaired) electrons. The van der Waals surface area contributed by atoms with Gasteiger partial charge in [0.2, 0.25) is 0 Å². The van der Waals surface area contributed by atoms with Crippen LogP contribution in [-0.4, -0.2) is 62.4 Å². The maximum absolute atomic E-state index is 12.5. The first kappa shape index (κ1) is 19.2. The van der Waals surface area contributed by atoms with Crippen LogP contribution in [0, 0.1) is 0 Å². The van der Waals surface area contributed by atoms with E-state index in [1.165, 1.54) is 6.33 Å². The van der Waals surface area contributed by atoms with Gasteiger partial charge in [-0.15, -0.1) is 0 Å². The van der Waals surface area contributed by atoms with Crippen LogP contribution in [0.2, 0.25) is 0 Å². The van der Waals surface area contributed by atoms with E-state index in [1.807, 2.05) is 57.2 Å². The second-order valence-corrected chi connectivity index (χ2v) is 8.15. The summed E-state index contributed by atoms with van der Waals surface area (Å²) in [5.41, 5.74) is 1.39. The first-order chi connectivity index (χ1) is 13.9. The van der Waals surface area contributed by atoms with Crippen LogP contribution in [0.3, 0.4) is 0 Å². The molecular weight excluding hydrogens is 368 g/mol. The zero-order valence-electron chi connectivity index (χ0n) is 17.1. The number of rotatable bonds is 2. The van der Waals surface area contributed by atoms with E-state index < -0.39 is 5.60 Å². The lowest BCUT2D eigenvalue weighted by Crippen LogP contribution is -2.39. The highest BCUT2D eigenvalue weighted by Gasteiger charge is 2.25. The van der Waals surface area contributed by atoms with Gasteiger partial charge in [0.1, 0.15) is 17.7 Å². The molecule has 3 aromatic rings. The molecule has 29 heavy (non-hydrogen) atoms. The Hall–Kier alpha value is -3.16. The minimum Gasteiger partial charge on any atom is -0.444 e. The molecule has 8 heteroatoms. The van der Waals surface area contributed by atoms with Crippen molar-refractivity contribution in [2.45, 2.75) is 32.8 Å². The first-order valence-electron chi connectivity index (χ1n) is 9.90. The van der Waals surface area contributed by atoms with Crippen LogP contribution in [0.4, 0.5) is 10.6 Å². The molecule has 1 aliphatic heterocycles. The Morgan fingerprint density at radius 3 is 2.62 bits per heavy atom. The molecule has 1 amide bonds. The van der Waals surface area contributed by atoms with E-state index in [9.17, 15) is 4.79 Å². The fraction of sp³-hybridized carbons (Fsp3) is 0.429. The van der Waals surface area contributed by atoms with E-state index in [0.29, 0.717) is 25.4 Å². The van der Waals surface area contributed by atoms with E-state index in [-0.39, 0.29) is 6.09 Å². The first-order valence-corrected chi connectivity index (χ1v) is 9.90. The summed E-state index contributed by atoms with van der Waals surface area (Å²) < 4.78 is 7.30. The van der Waals surface area contributed by atoms with Crippen LogP contribution in [-0.2, 0) is 4.74 Å². The van der Waals surface area contributed by atoms with Gasteiger partial charge < -0.3 is 14.5 Å². The van der Waals surface area contributed by atoms with Crippen molar-refractivity contribution in [1.82, 2.24) is 24.5 Å². The lowest BCUT2D eigenvalue weighted by molar-refractivity contribution is 0.0263. The monoisotopic (exact) mass is 394 g/mol. The number of amides is 1. The van der Waals surface area contributed by atoms with E-state index in [0.717, 1.165) is 30.0 Å². The highest BCUT2D eigenvalue weighted by molar-refractivity contribution is 5.69. The molecule has 3 heterocycles. The predicted octanol–water partition coefficient (Wildman–Crippen LogP) is 3.24. The van der Waals surface area contributed by atoms with Gasteiger partial charge in [0, 0.05) is 37.8 Å². The number of carbonyl (C=O) groups excluding carboxylic acids is 1. The van der Waals surface area contributed by atoms with Crippen molar-refractivity contribution < 1.29 is 9.53 Å². The van der Waals surface area contributed by atoms with Crippen molar-refractivity contribution in [3.05, 3.63) is 42.7 Å². The third kappa shape index (κ3) is 4.31. The van der Waals surface area contributed by atoms with Gasteiger partial charge in [-0.3, -0.25) is 0 Å². The van der Waals surface area contributed by atoms with Crippen LogP contribution in [0.5, 0.6) is 0 Å². The number of hydrogen-bond acceptors (Lipinski definition) is 6. The molecule has 1 aromatic carbocycles. The lowest BCUT2D eigenvalue weighted by Gasteiger charge is -2.27. The summed E-state index contributed by atoms with van der Waals surface area (Å²) in [5.74, 6) is 1.49. The Morgan fingerprint density at radius 1 is 1.07 bits per heavy atom. The van der Waals surface area contributed by atoms with Gasteiger partial charge in [-0.05, 0) is 27.2 Å². The summed E-state index contributed by atoms with van der Waals surface area (Å²) in [7, 11) is 0. The number of benzene rings is 1. The van der Waals surface area contributed by atoms with E-state index >= 15 is 0 Å². The van der Waals surface area contributed by atoms with Crippen molar-refractivity contribution in [1.29, 1.82) is 0 Å². The Labute approximate surface area is 170 Å². The van der Waals surface area contributed by atoms with Crippen molar-refractivity contribution in [2.75, 3.05) is 31.1 Å². The lowest BCUT2D eigenvalue weighted by atomic mass is 10.1. The second-order valence-electron chi connectivity index (χ2n) is 8.15. The number of aromatic nitrogens is 4. The number of fused-ring (bicyclic) bond motifs is 1. The molecule has 1 saturated heterocycles. The topological polar surface area (TPSA) is 75.9 Å². The standard InChI is InChI=1S/C21H26N6O2/c1-21(2,3)29-20(28)26-11-7-10-25(12-13-26)18-14-17(16-8-5-4-6-9-16)24-19-22-15-23-27(18)19/h4-6,8-9,14-15H,7,10-13H2,1-3H3. The average molecular weight is 394 g/mol. The summed E-state index contributed by atoms with van der Waals surface area (Å²) in [6.45, 7) is 8.42. The molecule has 4 rings (SSSR count). The van der Waals surface area contributed by atoms with Crippen molar-refractivity contribution in [2.24, 2.45) is 0 Å². The maximum Gasteiger partial charge on any atom is 0.410 e. The van der Waals surface area contributed by atoms with Gasteiger partial charge in [0.25, 0.3) is 5.78 Å². The fourth-order valence-corrected chi connectivity index (χ4v) is 3.43.